The summed E-state index contributed by atoms with van der Waals surface area (Å²) in [4.78, 5) is 0. The Morgan fingerprint density at radius 3 is 1.71 bits per heavy atom. The van der Waals surface area contributed by atoms with E-state index in [4.69, 9.17) is 0 Å². The summed E-state index contributed by atoms with van der Waals surface area (Å²) < 4.78 is 0. The van der Waals surface area contributed by atoms with Crippen LogP contribution in [0, 0.1) is 23.7 Å². The van der Waals surface area contributed by atoms with Gasteiger partial charge in [0.2, 0.25) is 0 Å². The third kappa shape index (κ3) is 1.18. The molecular weight excluding hydrogens is 172 g/mol. The maximum Gasteiger partial charge on any atom is 0.0602 e. The van der Waals surface area contributed by atoms with Gasteiger partial charge in [-0.15, -0.1) is 0 Å². The summed E-state index contributed by atoms with van der Waals surface area (Å²) in [6.07, 6.45) is 12.5. The van der Waals surface area contributed by atoms with Gasteiger partial charge in [0.1, 0.15) is 0 Å². The Kier molecular flexibility index (Phi) is 2.16. The van der Waals surface area contributed by atoms with Gasteiger partial charge in [-0.1, -0.05) is 12.2 Å². The van der Waals surface area contributed by atoms with Crippen LogP contribution < -0.4 is 0 Å². The molecule has 0 amide bonds. The predicted molar refractivity (Wildman–Crippen MR) is 56.8 cm³/mol. The monoisotopic (exact) mass is 192 g/mol. The zero-order chi connectivity index (χ0) is 9.54. The first kappa shape index (κ1) is 8.96. The zero-order valence-corrected chi connectivity index (χ0v) is 8.73. The highest BCUT2D eigenvalue weighted by molar-refractivity contribution is 5.04. The smallest absolute Gasteiger partial charge is 0.0602 e. The number of rotatable bonds is 0. The van der Waals surface area contributed by atoms with Gasteiger partial charge in [-0.05, 0) is 62.2 Å². The highest BCUT2D eigenvalue weighted by Crippen LogP contribution is 2.55. The van der Waals surface area contributed by atoms with Crippen molar-refractivity contribution in [3.05, 3.63) is 12.2 Å². The molecule has 0 aliphatic heterocycles. The second kappa shape index (κ2) is 3.37. The second-order valence-corrected chi connectivity index (χ2v) is 5.35. The molecule has 3 aliphatic rings. The Hall–Kier alpha value is -0.300. The lowest BCUT2D eigenvalue weighted by atomic mass is 9.74. The molecule has 0 aromatic rings. The molecule has 0 aromatic heterocycles. The van der Waals surface area contributed by atoms with E-state index in [2.05, 4.69) is 12.2 Å². The Labute approximate surface area is 86.2 Å². The zero-order valence-electron chi connectivity index (χ0n) is 8.73. The van der Waals surface area contributed by atoms with Crippen molar-refractivity contribution < 1.29 is 5.11 Å². The molecule has 4 unspecified atom stereocenters. The van der Waals surface area contributed by atoms with Crippen LogP contribution in [0.1, 0.15) is 38.5 Å². The molecular formula is C13H20O. The standard InChI is InChI=1S/C13H20O/c14-13-11-7-8-12(13)10-6-4-2-1-3-5-9(10)11/h1-2,9-14H,3-8H2/b2-1+. The first-order valence-electron chi connectivity index (χ1n) is 6.21. The normalized spacial score (nSPS) is 53.6. The van der Waals surface area contributed by atoms with Gasteiger partial charge >= 0.3 is 0 Å². The number of fused-ring (bicyclic) bond motifs is 5. The Bertz CT molecular complexity index is 222. The number of aliphatic hydroxyl groups is 1. The fourth-order valence-corrected chi connectivity index (χ4v) is 4.28. The van der Waals surface area contributed by atoms with Crippen molar-refractivity contribution in [2.24, 2.45) is 23.7 Å². The lowest BCUT2D eigenvalue weighted by molar-refractivity contribution is 0.117. The van der Waals surface area contributed by atoms with Crippen LogP contribution >= 0.6 is 0 Å². The first-order valence-corrected chi connectivity index (χ1v) is 6.21. The van der Waals surface area contributed by atoms with Gasteiger partial charge in [-0.3, -0.25) is 0 Å². The van der Waals surface area contributed by atoms with Gasteiger partial charge < -0.3 is 5.11 Å². The Morgan fingerprint density at radius 1 is 0.714 bits per heavy atom. The van der Waals surface area contributed by atoms with Crippen LogP contribution in [-0.2, 0) is 0 Å². The minimum Gasteiger partial charge on any atom is -0.393 e. The van der Waals surface area contributed by atoms with Crippen LogP contribution in [0.25, 0.3) is 0 Å². The predicted octanol–water partition coefficient (Wildman–Crippen LogP) is 2.75. The summed E-state index contributed by atoms with van der Waals surface area (Å²) in [6.45, 7) is 0. The average Bonchev–Trinajstić information content (AvgIpc) is 2.59. The van der Waals surface area contributed by atoms with E-state index in [1.807, 2.05) is 0 Å². The van der Waals surface area contributed by atoms with Crippen molar-refractivity contribution >= 4 is 0 Å². The molecule has 78 valence electrons. The van der Waals surface area contributed by atoms with Crippen molar-refractivity contribution in [2.45, 2.75) is 44.6 Å². The molecule has 4 atom stereocenters. The van der Waals surface area contributed by atoms with Crippen LogP contribution in [0.15, 0.2) is 12.2 Å². The SMILES string of the molecule is OC1C2CCC1C1CC/C=C/CCC21. The van der Waals surface area contributed by atoms with Gasteiger partial charge in [0.15, 0.2) is 0 Å². The Balaban J connectivity index is 1.83. The lowest BCUT2D eigenvalue weighted by Gasteiger charge is -2.31. The van der Waals surface area contributed by atoms with Crippen LogP contribution in [0.5, 0.6) is 0 Å². The molecule has 14 heavy (non-hydrogen) atoms. The van der Waals surface area contributed by atoms with E-state index < -0.39 is 0 Å². The molecule has 0 heterocycles. The summed E-state index contributed by atoms with van der Waals surface area (Å²) in [5, 5.41) is 10.1. The average molecular weight is 192 g/mol. The third-order valence-electron chi connectivity index (χ3n) is 4.86. The Morgan fingerprint density at radius 2 is 1.21 bits per heavy atom. The van der Waals surface area contributed by atoms with E-state index >= 15 is 0 Å². The van der Waals surface area contributed by atoms with Gasteiger partial charge in [-0.2, -0.15) is 0 Å². The summed E-state index contributed by atoms with van der Waals surface area (Å²) in [6, 6.07) is 0. The molecule has 0 saturated heterocycles. The van der Waals surface area contributed by atoms with E-state index in [-0.39, 0.29) is 6.10 Å². The van der Waals surface area contributed by atoms with Crippen LogP contribution in [-0.4, -0.2) is 11.2 Å². The molecule has 2 saturated carbocycles. The minimum atomic E-state index is 0.0584. The van der Waals surface area contributed by atoms with Crippen molar-refractivity contribution in [1.82, 2.24) is 0 Å². The van der Waals surface area contributed by atoms with Gasteiger partial charge in [0.25, 0.3) is 0 Å². The van der Waals surface area contributed by atoms with E-state index in [0.29, 0.717) is 11.8 Å². The number of hydrogen-bond donors (Lipinski definition) is 1. The van der Waals surface area contributed by atoms with Crippen molar-refractivity contribution in [1.29, 1.82) is 0 Å². The third-order valence-corrected chi connectivity index (χ3v) is 4.86. The molecule has 0 spiro atoms. The van der Waals surface area contributed by atoms with E-state index in [9.17, 15) is 5.11 Å². The second-order valence-electron chi connectivity index (χ2n) is 5.35. The molecule has 2 fully saturated rings. The highest BCUT2D eigenvalue weighted by atomic mass is 16.3. The van der Waals surface area contributed by atoms with Crippen LogP contribution in [0.4, 0.5) is 0 Å². The van der Waals surface area contributed by atoms with E-state index in [0.717, 1.165) is 11.8 Å². The van der Waals surface area contributed by atoms with Gasteiger partial charge in [0, 0.05) is 0 Å². The van der Waals surface area contributed by atoms with Crippen molar-refractivity contribution in [3.8, 4) is 0 Å². The molecule has 1 nitrogen and oxygen atoms in total. The number of hydrogen-bond acceptors (Lipinski definition) is 1. The molecule has 0 aromatic carbocycles. The molecule has 3 aliphatic carbocycles. The number of allylic oxidation sites excluding steroid dienone is 2. The molecule has 0 radical (unpaired) electrons. The van der Waals surface area contributed by atoms with E-state index in [1.165, 1.54) is 38.5 Å². The molecule has 2 bridgehead atoms. The first-order chi connectivity index (χ1) is 6.88. The van der Waals surface area contributed by atoms with Crippen LogP contribution in [0.3, 0.4) is 0 Å². The van der Waals surface area contributed by atoms with Crippen LogP contribution in [0.2, 0.25) is 0 Å². The fourth-order valence-electron chi connectivity index (χ4n) is 4.28. The summed E-state index contributed by atoms with van der Waals surface area (Å²) in [7, 11) is 0. The topological polar surface area (TPSA) is 20.2 Å². The number of aliphatic hydroxyl groups excluding tert-OH is 1. The minimum absolute atomic E-state index is 0.0584. The highest BCUT2D eigenvalue weighted by Gasteiger charge is 2.52. The van der Waals surface area contributed by atoms with E-state index in [1.54, 1.807) is 0 Å². The van der Waals surface area contributed by atoms with Gasteiger partial charge in [-0.25, -0.2) is 0 Å². The summed E-state index contributed by atoms with van der Waals surface area (Å²) in [5.41, 5.74) is 0. The van der Waals surface area contributed by atoms with Crippen molar-refractivity contribution in [3.63, 3.8) is 0 Å². The molecule has 3 rings (SSSR count). The summed E-state index contributed by atoms with van der Waals surface area (Å²) in [5.74, 6) is 3.04. The quantitative estimate of drug-likeness (QED) is 0.585. The van der Waals surface area contributed by atoms with Gasteiger partial charge in [0.05, 0.1) is 6.10 Å². The van der Waals surface area contributed by atoms with Crippen molar-refractivity contribution in [2.75, 3.05) is 0 Å². The molecule has 1 heteroatoms. The lowest BCUT2D eigenvalue weighted by Crippen LogP contribution is -2.22. The fraction of sp³-hybridized carbons (Fsp3) is 0.846. The largest absolute Gasteiger partial charge is 0.393 e. The maximum absolute atomic E-state index is 10.1. The summed E-state index contributed by atoms with van der Waals surface area (Å²) >= 11 is 0. The maximum atomic E-state index is 10.1. The molecule has 1 N–H and O–H groups in total.